The highest BCUT2D eigenvalue weighted by Gasteiger charge is 2.28. The van der Waals surface area contributed by atoms with Crippen LogP contribution in [0.15, 0.2) is 48.5 Å². The summed E-state index contributed by atoms with van der Waals surface area (Å²) in [6, 6.07) is 16.7. The molecule has 3 aromatic carbocycles. The van der Waals surface area contributed by atoms with Crippen LogP contribution < -0.4 is 0 Å². The summed E-state index contributed by atoms with van der Waals surface area (Å²) in [6.07, 6.45) is 0. The average Bonchev–Trinajstić information content (AvgIpc) is 3.25. The number of hydrogen-bond acceptors (Lipinski definition) is 4. The van der Waals surface area contributed by atoms with Crippen LogP contribution in [0.3, 0.4) is 0 Å². The average molecular weight is 584 g/mol. The number of phenols is 2. The molecule has 5 heteroatoms. The van der Waals surface area contributed by atoms with E-state index in [1.165, 1.54) is 11.1 Å². The fourth-order valence-electron chi connectivity index (χ4n) is 5.58. The number of phenolic OH excluding ortho intramolecular Hbond substituents is 2. The highest BCUT2D eigenvalue weighted by Crippen LogP contribution is 2.40. The Morgan fingerprint density at radius 2 is 1.05 bits per heavy atom. The van der Waals surface area contributed by atoms with Gasteiger partial charge in [0.25, 0.3) is 0 Å². The minimum atomic E-state index is -0.218. The van der Waals surface area contributed by atoms with Crippen LogP contribution in [-0.2, 0) is 41.3 Å². The predicted molar refractivity (Wildman–Crippen MR) is 180 cm³/mol. The van der Waals surface area contributed by atoms with Gasteiger partial charge in [0, 0.05) is 24.2 Å². The summed E-state index contributed by atoms with van der Waals surface area (Å²) in [7, 11) is 0. The van der Waals surface area contributed by atoms with Crippen molar-refractivity contribution < 1.29 is 10.2 Å². The third-order valence-corrected chi connectivity index (χ3v) is 8.33. The van der Waals surface area contributed by atoms with Crippen LogP contribution in [0.1, 0.15) is 122 Å². The summed E-state index contributed by atoms with van der Waals surface area (Å²) in [5.41, 5.74) is 7.40. The zero-order valence-corrected chi connectivity index (χ0v) is 28.5. The van der Waals surface area contributed by atoms with Crippen molar-refractivity contribution in [1.29, 1.82) is 0 Å². The van der Waals surface area contributed by atoms with Crippen molar-refractivity contribution in [3.05, 3.63) is 87.7 Å². The van der Waals surface area contributed by atoms with Gasteiger partial charge in [0.1, 0.15) is 17.3 Å². The normalized spacial score (nSPS) is 13.3. The molecule has 0 fully saturated rings. The minimum absolute atomic E-state index is 0.0765. The maximum absolute atomic E-state index is 11.7. The summed E-state index contributed by atoms with van der Waals surface area (Å²) in [6.45, 7) is 27.7. The number of rotatable bonds is 6. The molecule has 0 unspecified atom stereocenters. The number of aromatic amines is 1. The van der Waals surface area contributed by atoms with E-state index in [2.05, 4.69) is 117 Å². The van der Waals surface area contributed by atoms with Gasteiger partial charge in [0.05, 0.1) is 17.6 Å². The molecule has 0 aliphatic heterocycles. The number of hydrogen-bond donors (Lipinski definition) is 3. The van der Waals surface area contributed by atoms with Crippen LogP contribution in [0, 0.1) is 0 Å². The molecule has 0 radical (unpaired) electrons. The number of H-pyrrole nitrogens is 1. The molecule has 5 nitrogen and oxygen atoms in total. The van der Waals surface area contributed by atoms with Crippen molar-refractivity contribution in [2.24, 2.45) is 0 Å². The number of aromatic hydroxyl groups is 2. The summed E-state index contributed by atoms with van der Waals surface area (Å²) >= 11 is 0. The molecule has 1 heterocycles. The Hall–Kier alpha value is -3.31. The van der Waals surface area contributed by atoms with Gasteiger partial charge in [-0.2, -0.15) is 0 Å². The maximum Gasteiger partial charge on any atom is 0.123 e. The lowest BCUT2D eigenvalue weighted by atomic mass is 9.78. The first kappa shape index (κ1) is 32.6. The van der Waals surface area contributed by atoms with E-state index in [0.717, 1.165) is 39.1 Å². The molecule has 0 amide bonds. The summed E-state index contributed by atoms with van der Waals surface area (Å²) in [5, 5.41) is 23.3. The van der Waals surface area contributed by atoms with Gasteiger partial charge in [-0.25, -0.2) is 4.98 Å². The SMILES string of the molecule is CC(C)(C)c1cc(CN(Cc2nc3ccccc3[nH]2)Cc2cc(C(C)(C)C)cc(C(C)(C)C)c2O)c(O)c(C(C)(C)C)c1. The molecule has 43 heavy (non-hydrogen) atoms. The Labute approximate surface area is 259 Å². The summed E-state index contributed by atoms with van der Waals surface area (Å²) < 4.78 is 0. The number of benzene rings is 3. The number of fused-ring (bicyclic) bond motifs is 1. The molecule has 0 saturated heterocycles. The molecule has 0 saturated carbocycles. The Morgan fingerprint density at radius 1 is 0.605 bits per heavy atom. The largest absolute Gasteiger partial charge is 0.507 e. The first-order valence-corrected chi connectivity index (χ1v) is 15.5. The molecular formula is C38H53N3O2. The van der Waals surface area contributed by atoms with E-state index >= 15 is 0 Å². The molecule has 0 spiro atoms. The predicted octanol–water partition coefficient (Wildman–Crippen LogP) is 9.37. The minimum Gasteiger partial charge on any atom is -0.507 e. The number of nitrogens with one attached hydrogen (secondary N) is 1. The van der Waals surface area contributed by atoms with E-state index in [4.69, 9.17) is 4.98 Å². The second-order valence-electron chi connectivity index (χ2n) is 16.4. The number of aromatic nitrogens is 2. The fraction of sp³-hybridized carbons (Fsp3) is 0.500. The zero-order chi connectivity index (χ0) is 32.1. The second kappa shape index (κ2) is 11.3. The topological polar surface area (TPSA) is 72.4 Å². The van der Waals surface area contributed by atoms with Gasteiger partial charge in [0.2, 0.25) is 0 Å². The third kappa shape index (κ3) is 7.44. The monoisotopic (exact) mass is 583 g/mol. The second-order valence-corrected chi connectivity index (χ2v) is 16.4. The Kier molecular flexibility index (Phi) is 8.58. The number of para-hydroxylation sites is 2. The molecule has 4 aromatic rings. The molecule has 0 aliphatic carbocycles. The molecule has 0 bridgehead atoms. The lowest BCUT2D eigenvalue weighted by molar-refractivity contribution is 0.234. The van der Waals surface area contributed by atoms with Crippen molar-refractivity contribution in [3.63, 3.8) is 0 Å². The van der Waals surface area contributed by atoms with Crippen molar-refractivity contribution in [3.8, 4) is 11.5 Å². The van der Waals surface area contributed by atoms with E-state index in [1.807, 2.05) is 24.3 Å². The Morgan fingerprint density at radius 3 is 1.44 bits per heavy atom. The van der Waals surface area contributed by atoms with E-state index in [1.54, 1.807) is 0 Å². The molecular weight excluding hydrogens is 530 g/mol. The first-order valence-electron chi connectivity index (χ1n) is 15.5. The summed E-state index contributed by atoms with van der Waals surface area (Å²) in [5.74, 6) is 1.54. The van der Waals surface area contributed by atoms with Crippen molar-refractivity contribution in [2.45, 2.75) is 124 Å². The standard InChI is InChI=1S/C38H53N3O2/c1-35(2,3)26-17-24(33(42)28(19-26)37(7,8)9)21-41(23-32-39-30-15-13-14-16-31(30)40-32)22-25-18-27(36(4,5)6)20-29(34(25)43)38(10,11)12/h13-20,42-43H,21-23H2,1-12H3,(H,39,40). The van der Waals surface area contributed by atoms with Crippen molar-refractivity contribution in [2.75, 3.05) is 0 Å². The molecule has 0 aliphatic rings. The Bertz CT molecular complexity index is 1490. The van der Waals surface area contributed by atoms with Crippen LogP contribution in [0.5, 0.6) is 11.5 Å². The molecule has 1 aromatic heterocycles. The first-order chi connectivity index (χ1) is 19.6. The lowest BCUT2D eigenvalue weighted by Gasteiger charge is -2.31. The van der Waals surface area contributed by atoms with Crippen LogP contribution in [0.4, 0.5) is 0 Å². The van der Waals surface area contributed by atoms with Gasteiger partial charge < -0.3 is 15.2 Å². The molecule has 232 valence electrons. The molecule has 4 rings (SSSR count). The van der Waals surface area contributed by atoms with Crippen LogP contribution in [0.2, 0.25) is 0 Å². The Balaban J connectivity index is 1.86. The van der Waals surface area contributed by atoms with Gasteiger partial charge in [-0.1, -0.05) is 119 Å². The smallest absolute Gasteiger partial charge is 0.123 e. The van der Waals surface area contributed by atoms with Gasteiger partial charge in [-0.3, -0.25) is 4.90 Å². The zero-order valence-electron chi connectivity index (χ0n) is 28.5. The van der Waals surface area contributed by atoms with E-state index < -0.39 is 0 Å². The van der Waals surface area contributed by atoms with Gasteiger partial charge in [-0.05, 0) is 56.0 Å². The fourth-order valence-corrected chi connectivity index (χ4v) is 5.58. The van der Waals surface area contributed by atoms with Crippen LogP contribution in [-0.4, -0.2) is 25.1 Å². The molecule has 3 N–H and O–H groups in total. The van der Waals surface area contributed by atoms with Crippen LogP contribution >= 0.6 is 0 Å². The van der Waals surface area contributed by atoms with Gasteiger partial charge in [0.15, 0.2) is 0 Å². The van der Waals surface area contributed by atoms with Gasteiger partial charge in [-0.15, -0.1) is 0 Å². The van der Waals surface area contributed by atoms with E-state index in [-0.39, 0.29) is 21.7 Å². The van der Waals surface area contributed by atoms with Gasteiger partial charge >= 0.3 is 0 Å². The van der Waals surface area contributed by atoms with Crippen molar-refractivity contribution in [1.82, 2.24) is 14.9 Å². The molecule has 0 atom stereocenters. The quantitative estimate of drug-likeness (QED) is 0.211. The van der Waals surface area contributed by atoms with Crippen molar-refractivity contribution >= 4 is 11.0 Å². The maximum atomic E-state index is 11.7. The number of imidazole rings is 1. The van der Waals surface area contributed by atoms with E-state index in [0.29, 0.717) is 31.1 Å². The lowest BCUT2D eigenvalue weighted by Crippen LogP contribution is -2.26. The third-order valence-electron chi connectivity index (χ3n) is 8.33. The summed E-state index contributed by atoms with van der Waals surface area (Å²) in [4.78, 5) is 10.7. The van der Waals surface area contributed by atoms with E-state index in [9.17, 15) is 10.2 Å². The highest BCUT2D eigenvalue weighted by atomic mass is 16.3. The highest BCUT2D eigenvalue weighted by molar-refractivity contribution is 5.74. The van der Waals surface area contributed by atoms with Crippen LogP contribution in [0.25, 0.3) is 11.0 Å². The number of nitrogens with zero attached hydrogens (tertiary/aromatic N) is 2.